The lowest BCUT2D eigenvalue weighted by molar-refractivity contribution is -0.237. The zero-order valence-corrected chi connectivity index (χ0v) is 19.1. The van der Waals surface area contributed by atoms with Gasteiger partial charge in [-0.1, -0.05) is 6.92 Å². The highest BCUT2D eigenvalue weighted by Crippen LogP contribution is 2.70. The van der Waals surface area contributed by atoms with E-state index in [0.29, 0.717) is 38.7 Å². The van der Waals surface area contributed by atoms with E-state index in [4.69, 9.17) is 10.5 Å². The van der Waals surface area contributed by atoms with Crippen molar-refractivity contribution < 1.29 is 29.6 Å². The molecule has 0 aromatic heterocycles. The van der Waals surface area contributed by atoms with Crippen LogP contribution < -0.4 is 11.2 Å². The fourth-order valence-corrected chi connectivity index (χ4v) is 8.57. The van der Waals surface area contributed by atoms with Crippen molar-refractivity contribution >= 4 is 18.2 Å². The molecule has 2 amide bonds. The summed E-state index contributed by atoms with van der Waals surface area (Å²) in [5, 5.41) is 38.6. The number of hydrogen-bond donors (Lipinski definition) is 5. The van der Waals surface area contributed by atoms with Crippen LogP contribution in [-0.4, -0.2) is 57.4 Å². The third kappa shape index (κ3) is 3.12. The number of nitrogens with two attached hydrogens (primary N) is 1. The van der Waals surface area contributed by atoms with Gasteiger partial charge in [-0.2, -0.15) is 5.10 Å². The number of esters is 1. The molecule has 4 saturated carbocycles. The first kappa shape index (κ1) is 22.8. The van der Waals surface area contributed by atoms with Crippen molar-refractivity contribution in [3.05, 3.63) is 11.6 Å². The number of hydrogen-bond acceptors (Lipinski definition) is 7. The maximum Gasteiger partial charge on any atom is 0.332 e. The number of ether oxygens (including phenoxy) is 1. The Morgan fingerprint density at radius 3 is 2.64 bits per heavy atom. The molecule has 5 aliphatic rings. The van der Waals surface area contributed by atoms with Gasteiger partial charge in [0.25, 0.3) is 0 Å². The molecule has 6 N–H and O–H groups in total. The van der Waals surface area contributed by atoms with Gasteiger partial charge in [0, 0.05) is 29.5 Å². The van der Waals surface area contributed by atoms with Crippen LogP contribution in [0.2, 0.25) is 0 Å². The molecule has 1 aliphatic heterocycles. The predicted octanol–water partition coefficient (Wildman–Crippen LogP) is 1.35. The molecule has 4 fully saturated rings. The largest absolute Gasteiger partial charge is 0.458 e. The molecule has 5 unspecified atom stereocenters. The van der Waals surface area contributed by atoms with Gasteiger partial charge >= 0.3 is 12.0 Å². The predicted molar refractivity (Wildman–Crippen MR) is 119 cm³/mol. The number of amides is 2. The van der Waals surface area contributed by atoms with Gasteiger partial charge < -0.3 is 25.8 Å². The molecule has 33 heavy (non-hydrogen) atoms. The lowest BCUT2D eigenvalue weighted by atomic mass is 9.41. The number of carbonyl (C=O) groups excluding carboxylic acids is 2. The molecule has 182 valence electrons. The van der Waals surface area contributed by atoms with Gasteiger partial charge in [0.1, 0.15) is 6.61 Å². The second-order valence-corrected chi connectivity index (χ2v) is 11.3. The Kier molecular flexibility index (Phi) is 5.19. The Labute approximate surface area is 193 Å². The van der Waals surface area contributed by atoms with Crippen LogP contribution in [0, 0.1) is 28.6 Å². The van der Waals surface area contributed by atoms with Crippen molar-refractivity contribution in [2.24, 2.45) is 39.4 Å². The van der Waals surface area contributed by atoms with E-state index >= 15 is 0 Å². The average Bonchev–Trinajstić information content (AvgIpc) is 3.28. The van der Waals surface area contributed by atoms with Crippen LogP contribution in [0.5, 0.6) is 0 Å². The first-order valence-electron chi connectivity index (χ1n) is 12.1. The third-order valence-electron chi connectivity index (χ3n) is 10.1. The summed E-state index contributed by atoms with van der Waals surface area (Å²) in [5.74, 6) is -0.326. The lowest BCUT2D eigenvalue weighted by Gasteiger charge is -2.65. The van der Waals surface area contributed by atoms with Crippen LogP contribution in [0.1, 0.15) is 64.7 Å². The van der Waals surface area contributed by atoms with Gasteiger partial charge in [-0.25, -0.2) is 15.0 Å². The smallest absolute Gasteiger partial charge is 0.332 e. The van der Waals surface area contributed by atoms with E-state index < -0.39 is 28.8 Å². The topological polar surface area (TPSA) is 154 Å². The highest BCUT2D eigenvalue weighted by Gasteiger charge is 2.71. The molecule has 0 radical (unpaired) electrons. The molecule has 0 spiro atoms. The van der Waals surface area contributed by atoms with Gasteiger partial charge in [-0.3, -0.25) is 0 Å². The number of aliphatic hydroxyl groups is 3. The first-order chi connectivity index (χ1) is 15.5. The molecule has 1 heterocycles. The maximum absolute atomic E-state index is 12.3. The summed E-state index contributed by atoms with van der Waals surface area (Å²) in [6.45, 7) is 2.45. The molecule has 9 heteroatoms. The fraction of sp³-hybridized carbons (Fsp3) is 0.792. The summed E-state index contributed by atoms with van der Waals surface area (Å²) < 4.78 is 5.18. The highest BCUT2D eigenvalue weighted by atomic mass is 16.5. The number of aliphatic hydroxyl groups excluding tert-OH is 1. The molecule has 9 nitrogen and oxygen atoms in total. The number of hydrazone groups is 1. The fourth-order valence-electron chi connectivity index (χ4n) is 8.57. The summed E-state index contributed by atoms with van der Waals surface area (Å²) in [5.41, 5.74) is 5.21. The second-order valence-electron chi connectivity index (χ2n) is 11.3. The molecule has 8 atom stereocenters. The Balaban J connectivity index is 1.52. The Morgan fingerprint density at radius 1 is 1.18 bits per heavy atom. The summed E-state index contributed by atoms with van der Waals surface area (Å²) in [4.78, 5) is 23.0. The zero-order valence-electron chi connectivity index (χ0n) is 19.1. The van der Waals surface area contributed by atoms with Crippen LogP contribution >= 0.6 is 0 Å². The van der Waals surface area contributed by atoms with E-state index in [1.807, 2.05) is 0 Å². The summed E-state index contributed by atoms with van der Waals surface area (Å²) >= 11 is 0. The van der Waals surface area contributed by atoms with E-state index in [1.165, 1.54) is 0 Å². The van der Waals surface area contributed by atoms with E-state index in [-0.39, 0.29) is 35.6 Å². The molecular weight excluding hydrogens is 426 g/mol. The number of nitrogens with one attached hydrogen (secondary N) is 1. The average molecular weight is 462 g/mol. The Hall–Kier alpha value is -1.97. The number of nitrogens with zero attached hydrogens (tertiary/aromatic N) is 1. The van der Waals surface area contributed by atoms with Crippen molar-refractivity contribution in [2.75, 3.05) is 6.61 Å². The van der Waals surface area contributed by atoms with E-state index in [2.05, 4.69) is 17.5 Å². The molecular formula is C24H35N3O6. The number of rotatable bonds is 3. The van der Waals surface area contributed by atoms with Crippen LogP contribution in [0.4, 0.5) is 4.79 Å². The van der Waals surface area contributed by atoms with E-state index in [0.717, 1.165) is 24.8 Å². The molecule has 5 rings (SSSR count). The summed E-state index contributed by atoms with van der Waals surface area (Å²) in [7, 11) is 0. The summed E-state index contributed by atoms with van der Waals surface area (Å²) in [6, 6.07) is -0.774. The van der Waals surface area contributed by atoms with Crippen molar-refractivity contribution in [1.82, 2.24) is 5.43 Å². The number of primary amides is 1. The first-order valence-corrected chi connectivity index (χ1v) is 12.1. The third-order valence-corrected chi connectivity index (χ3v) is 10.1. The van der Waals surface area contributed by atoms with Gasteiger partial charge in [0.2, 0.25) is 0 Å². The molecule has 0 aromatic carbocycles. The van der Waals surface area contributed by atoms with Crippen LogP contribution in [0.3, 0.4) is 0 Å². The zero-order chi connectivity index (χ0) is 23.6. The maximum atomic E-state index is 12.3. The quantitative estimate of drug-likeness (QED) is 0.243. The van der Waals surface area contributed by atoms with Crippen molar-refractivity contribution in [2.45, 2.75) is 82.0 Å². The number of cyclic esters (lactones) is 1. The number of carbonyl (C=O) groups is 2. The van der Waals surface area contributed by atoms with Crippen molar-refractivity contribution in [1.29, 1.82) is 0 Å². The standard InChI is InChI=1S/C24H35N3O6/c1-21-6-3-17-18(24(21,32)9-5-16(21)14-10-19(29)33-12-14)4-8-23(31)11-15(28)2-7-22(17,23)13-26-27-20(25)30/h10,13,15-18,28,31-32H,2-9,11-12H2,1H3,(H3,25,27,30)/b26-13+/t15?,16-,17?,18?,21+,22-,23?,24?/m0/s1. The van der Waals surface area contributed by atoms with Gasteiger partial charge in [-0.15, -0.1) is 0 Å². The minimum Gasteiger partial charge on any atom is -0.458 e. The SMILES string of the molecule is C[C@]12CCC3C(CCC4(O)CC(O)CC[C@]34/C=N/NC(N)=O)C1(O)CC[C@H]2C1=CC(=O)OC1. The monoisotopic (exact) mass is 461 g/mol. The molecule has 0 bridgehead atoms. The van der Waals surface area contributed by atoms with Crippen LogP contribution in [0.15, 0.2) is 16.8 Å². The van der Waals surface area contributed by atoms with Gasteiger partial charge in [-0.05, 0) is 74.7 Å². The van der Waals surface area contributed by atoms with Crippen molar-refractivity contribution in [3.63, 3.8) is 0 Å². The number of fused-ring (bicyclic) bond motifs is 5. The lowest BCUT2D eigenvalue weighted by Crippen LogP contribution is -2.68. The van der Waals surface area contributed by atoms with Gasteiger partial charge in [0.05, 0.1) is 17.3 Å². The van der Waals surface area contributed by atoms with Crippen molar-refractivity contribution in [3.8, 4) is 0 Å². The minimum absolute atomic E-state index is 0.0468. The Bertz CT molecular complexity index is 922. The molecule has 0 aromatic rings. The van der Waals surface area contributed by atoms with Crippen LogP contribution in [0.25, 0.3) is 0 Å². The van der Waals surface area contributed by atoms with Crippen LogP contribution in [-0.2, 0) is 9.53 Å². The minimum atomic E-state index is -1.16. The summed E-state index contributed by atoms with van der Waals surface area (Å²) in [6.07, 6.45) is 8.02. The van der Waals surface area contributed by atoms with E-state index in [1.54, 1.807) is 12.3 Å². The molecule has 0 saturated heterocycles. The number of urea groups is 1. The van der Waals surface area contributed by atoms with Gasteiger partial charge in [0.15, 0.2) is 0 Å². The Morgan fingerprint density at radius 2 is 1.94 bits per heavy atom. The normalized spacial score (nSPS) is 49.1. The highest BCUT2D eigenvalue weighted by molar-refractivity contribution is 5.85. The van der Waals surface area contributed by atoms with E-state index in [9.17, 15) is 24.9 Å². The molecule has 4 aliphatic carbocycles. The second kappa shape index (κ2) is 7.52.